The summed E-state index contributed by atoms with van der Waals surface area (Å²) in [4.78, 5) is 4.47. The smallest absolute Gasteiger partial charge is 0.157 e. The number of anilines is 1. The molecule has 1 unspecified atom stereocenters. The van der Waals surface area contributed by atoms with Gasteiger partial charge in [-0.2, -0.15) is 5.10 Å². The van der Waals surface area contributed by atoms with Crippen LogP contribution in [0.25, 0.3) is 11.0 Å². The van der Waals surface area contributed by atoms with E-state index in [4.69, 9.17) is 10.5 Å². The van der Waals surface area contributed by atoms with Gasteiger partial charge in [-0.05, 0) is 32.4 Å². The molecular formula is C14H23N5O. The summed E-state index contributed by atoms with van der Waals surface area (Å²) in [6, 6.07) is 2.34. The van der Waals surface area contributed by atoms with Crippen LogP contribution in [0.1, 0.15) is 18.5 Å². The van der Waals surface area contributed by atoms with Crippen molar-refractivity contribution in [3.8, 4) is 0 Å². The first kappa shape index (κ1) is 14.7. The van der Waals surface area contributed by atoms with Gasteiger partial charge in [0.15, 0.2) is 5.65 Å². The van der Waals surface area contributed by atoms with Gasteiger partial charge in [0, 0.05) is 25.6 Å². The number of aryl methyl sites for hydroxylation is 2. The second-order valence-corrected chi connectivity index (χ2v) is 5.03. The maximum absolute atomic E-state index is 5.57. The number of methoxy groups -OCH3 is 1. The molecule has 0 amide bonds. The van der Waals surface area contributed by atoms with Crippen LogP contribution in [0.3, 0.4) is 0 Å². The van der Waals surface area contributed by atoms with Crippen molar-refractivity contribution in [1.82, 2.24) is 14.8 Å². The lowest BCUT2D eigenvalue weighted by Gasteiger charge is -2.18. The lowest BCUT2D eigenvalue weighted by molar-refractivity contribution is 0.182. The standard InChI is InChI=1S/C14H23N5O/c1-10-13-7-12(8-16-14(13)19(2)18-10)17-11(9-20-3)5-4-6-15/h7-8,11,17H,4-6,9,15H2,1-3H3. The Bertz CT molecular complexity index is 566. The number of hydrogen-bond donors (Lipinski definition) is 2. The summed E-state index contributed by atoms with van der Waals surface area (Å²) in [5.74, 6) is 0. The molecule has 6 nitrogen and oxygen atoms in total. The van der Waals surface area contributed by atoms with Crippen molar-refractivity contribution >= 4 is 16.7 Å². The molecule has 2 heterocycles. The summed E-state index contributed by atoms with van der Waals surface area (Å²) in [6.07, 6.45) is 3.80. The van der Waals surface area contributed by atoms with E-state index in [0.717, 1.165) is 35.3 Å². The van der Waals surface area contributed by atoms with E-state index in [1.54, 1.807) is 11.8 Å². The molecule has 2 rings (SSSR count). The largest absolute Gasteiger partial charge is 0.383 e. The van der Waals surface area contributed by atoms with Crippen molar-refractivity contribution in [3.63, 3.8) is 0 Å². The van der Waals surface area contributed by atoms with Crippen LogP contribution in [0.5, 0.6) is 0 Å². The van der Waals surface area contributed by atoms with E-state index in [0.29, 0.717) is 13.2 Å². The fraction of sp³-hybridized carbons (Fsp3) is 0.571. The van der Waals surface area contributed by atoms with Crippen LogP contribution >= 0.6 is 0 Å². The topological polar surface area (TPSA) is 78.0 Å². The van der Waals surface area contributed by atoms with E-state index in [1.807, 2.05) is 20.2 Å². The van der Waals surface area contributed by atoms with Crippen LogP contribution < -0.4 is 11.1 Å². The number of ether oxygens (including phenoxy) is 1. The third-order valence-corrected chi connectivity index (χ3v) is 3.36. The molecule has 0 aromatic carbocycles. The Morgan fingerprint density at radius 3 is 3.00 bits per heavy atom. The monoisotopic (exact) mass is 277 g/mol. The number of pyridine rings is 1. The molecule has 0 saturated carbocycles. The molecule has 3 N–H and O–H groups in total. The van der Waals surface area contributed by atoms with Crippen LogP contribution in [0.15, 0.2) is 12.3 Å². The molecule has 1 atom stereocenters. The summed E-state index contributed by atoms with van der Waals surface area (Å²) >= 11 is 0. The Morgan fingerprint density at radius 1 is 1.50 bits per heavy atom. The molecule has 0 aliphatic carbocycles. The number of nitrogens with one attached hydrogen (secondary N) is 1. The quantitative estimate of drug-likeness (QED) is 0.800. The van der Waals surface area contributed by atoms with Gasteiger partial charge in [0.25, 0.3) is 0 Å². The average Bonchev–Trinajstić information content (AvgIpc) is 2.71. The van der Waals surface area contributed by atoms with E-state index in [9.17, 15) is 0 Å². The van der Waals surface area contributed by atoms with Gasteiger partial charge in [-0.1, -0.05) is 0 Å². The molecule has 6 heteroatoms. The van der Waals surface area contributed by atoms with Crippen LogP contribution in [-0.4, -0.2) is 41.1 Å². The van der Waals surface area contributed by atoms with Crippen molar-refractivity contribution in [2.75, 3.05) is 25.6 Å². The van der Waals surface area contributed by atoms with Crippen LogP contribution in [0, 0.1) is 6.92 Å². The van der Waals surface area contributed by atoms with E-state index >= 15 is 0 Å². The van der Waals surface area contributed by atoms with Crippen LogP contribution in [0.2, 0.25) is 0 Å². The average molecular weight is 277 g/mol. The Labute approximate surface area is 119 Å². The highest BCUT2D eigenvalue weighted by molar-refractivity contribution is 5.81. The number of nitrogens with zero attached hydrogens (tertiary/aromatic N) is 3. The van der Waals surface area contributed by atoms with Gasteiger partial charge in [0.1, 0.15) is 0 Å². The summed E-state index contributed by atoms with van der Waals surface area (Å²) < 4.78 is 7.05. The van der Waals surface area contributed by atoms with Gasteiger partial charge in [-0.15, -0.1) is 0 Å². The molecule has 0 aliphatic heterocycles. The zero-order valence-corrected chi connectivity index (χ0v) is 12.4. The molecule has 0 radical (unpaired) electrons. The fourth-order valence-electron chi connectivity index (χ4n) is 2.39. The summed E-state index contributed by atoms with van der Waals surface area (Å²) in [5.41, 5.74) is 8.46. The zero-order valence-electron chi connectivity index (χ0n) is 12.4. The number of nitrogens with two attached hydrogens (primary N) is 1. The Morgan fingerprint density at radius 2 is 2.30 bits per heavy atom. The second-order valence-electron chi connectivity index (χ2n) is 5.03. The first-order valence-corrected chi connectivity index (χ1v) is 6.90. The predicted molar refractivity (Wildman–Crippen MR) is 80.8 cm³/mol. The van der Waals surface area contributed by atoms with E-state index in [2.05, 4.69) is 21.5 Å². The normalized spacial score (nSPS) is 12.8. The highest BCUT2D eigenvalue weighted by Crippen LogP contribution is 2.20. The Kier molecular flexibility index (Phi) is 4.92. The van der Waals surface area contributed by atoms with Crippen LogP contribution in [0.4, 0.5) is 5.69 Å². The highest BCUT2D eigenvalue weighted by Gasteiger charge is 2.11. The number of hydrogen-bond acceptors (Lipinski definition) is 5. The van der Waals surface area contributed by atoms with Gasteiger partial charge in [-0.3, -0.25) is 4.68 Å². The maximum atomic E-state index is 5.57. The molecule has 110 valence electrons. The number of aromatic nitrogens is 3. The molecule has 0 aliphatic rings. The van der Waals surface area contributed by atoms with Gasteiger partial charge >= 0.3 is 0 Å². The van der Waals surface area contributed by atoms with Crippen molar-refractivity contribution in [2.24, 2.45) is 12.8 Å². The van der Waals surface area contributed by atoms with Crippen LogP contribution in [-0.2, 0) is 11.8 Å². The maximum Gasteiger partial charge on any atom is 0.157 e. The SMILES string of the molecule is COCC(CCCN)Nc1cnc2c(c1)c(C)nn2C. The third-order valence-electron chi connectivity index (χ3n) is 3.36. The summed E-state index contributed by atoms with van der Waals surface area (Å²) in [7, 11) is 3.62. The molecule has 20 heavy (non-hydrogen) atoms. The Balaban J connectivity index is 2.17. The molecule has 0 saturated heterocycles. The minimum absolute atomic E-state index is 0.250. The fourth-order valence-corrected chi connectivity index (χ4v) is 2.39. The van der Waals surface area contributed by atoms with Gasteiger partial charge in [0.2, 0.25) is 0 Å². The Hall–Kier alpha value is -1.66. The molecule has 2 aromatic rings. The first-order chi connectivity index (χ1) is 9.65. The van der Waals surface area contributed by atoms with E-state index in [-0.39, 0.29) is 6.04 Å². The minimum atomic E-state index is 0.250. The van der Waals surface area contributed by atoms with Gasteiger partial charge in [-0.25, -0.2) is 4.98 Å². The van der Waals surface area contributed by atoms with Crippen molar-refractivity contribution in [2.45, 2.75) is 25.8 Å². The first-order valence-electron chi connectivity index (χ1n) is 6.90. The molecular weight excluding hydrogens is 254 g/mol. The summed E-state index contributed by atoms with van der Waals surface area (Å²) in [6.45, 7) is 3.35. The number of rotatable bonds is 7. The second kappa shape index (κ2) is 6.67. The van der Waals surface area contributed by atoms with Gasteiger partial charge < -0.3 is 15.8 Å². The van der Waals surface area contributed by atoms with Crippen molar-refractivity contribution in [3.05, 3.63) is 18.0 Å². The lowest BCUT2D eigenvalue weighted by atomic mass is 10.1. The van der Waals surface area contributed by atoms with Gasteiger partial charge in [0.05, 0.1) is 24.2 Å². The van der Waals surface area contributed by atoms with E-state index in [1.165, 1.54) is 0 Å². The zero-order chi connectivity index (χ0) is 14.5. The molecule has 0 bridgehead atoms. The van der Waals surface area contributed by atoms with Crippen molar-refractivity contribution < 1.29 is 4.74 Å². The van der Waals surface area contributed by atoms with Crippen molar-refractivity contribution in [1.29, 1.82) is 0 Å². The predicted octanol–water partition coefficient (Wildman–Crippen LogP) is 1.44. The highest BCUT2D eigenvalue weighted by atomic mass is 16.5. The molecule has 2 aromatic heterocycles. The lowest BCUT2D eigenvalue weighted by Crippen LogP contribution is -2.25. The third kappa shape index (κ3) is 3.26. The molecule has 0 fully saturated rings. The minimum Gasteiger partial charge on any atom is -0.383 e. The summed E-state index contributed by atoms with van der Waals surface area (Å²) in [5, 5.41) is 8.92. The molecule has 0 spiro atoms. The van der Waals surface area contributed by atoms with E-state index < -0.39 is 0 Å². The number of fused-ring (bicyclic) bond motifs is 1.